The third-order valence-corrected chi connectivity index (χ3v) is 4.10. The van der Waals surface area contributed by atoms with Crippen LogP contribution in [0.2, 0.25) is 0 Å². The molecule has 0 atom stereocenters. The van der Waals surface area contributed by atoms with Crippen LogP contribution in [0.5, 0.6) is 0 Å². The molecule has 1 aromatic heterocycles. The number of para-hydroxylation sites is 1. The molecule has 0 radical (unpaired) electrons. The first kappa shape index (κ1) is 24.7. The molecule has 0 spiro atoms. The van der Waals surface area contributed by atoms with Gasteiger partial charge in [-0.05, 0) is 38.5 Å². The summed E-state index contributed by atoms with van der Waals surface area (Å²) in [5.41, 5.74) is 5.08. The predicted molar refractivity (Wildman–Crippen MR) is 129 cm³/mol. The Balaban J connectivity index is 0.00000420. The van der Waals surface area contributed by atoms with E-state index in [1.54, 1.807) is 19.0 Å². The number of nitrogens with one attached hydrogen (secondary N) is 2. The van der Waals surface area contributed by atoms with E-state index in [0.717, 1.165) is 28.2 Å². The summed E-state index contributed by atoms with van der Waals surface area (Å²) in [7, 11) is 3.46. The fourth-order valence-corrected chi connectivity index (χ4v) is 2.61. The monoisotopic (exact) mass is 510 g/mol. The lowest BCUT2D eigenvalue weighted by molar-refractivity contribution is -0.127. The minimum absolute atomic E-state index is 0. The van der Waals surface area contributed by atoms with Gasteiger partial charge in [-0.1, -0.05) is 30.4 Å². The fourth-order valence-electron chi connectivity index (χ4n) is 2.61. The number of nitrogens with zero attached hydrogens (tertiary/aromatic N) is 4. The summed E-state index contributed by atoms with van der Waals surface area (Å²) < 4.78 is 1.93. The van der Waals surface area contributed by atoms with Crippen LogP contribution in [0.25, 0.3) is 5.69 Å². The average Bonchev–Trinajstić information content (AvgIpc) is 2.98. The van der Waals surface area contributed by atoms with E-state index in [1.165, 1.54) is 0 Å². The molecule has 0 saturated carbocycles. The van der Waals surface area contributed by atoms with Gasteiger partial charge < -0.3 is 15.5 Å². The Kier molecular flexibility index (Phi) is 9.87. The summed E-state index contributed by atoms with van der Waals surface area (Å²) in [5.74, 6) is 0.550. The van der Waals surface area contributed by atoms with Crippen molar-refractivity contribution in [3.63, 3.8) is 0 Å². The number of hydrogen-bond donors (Lipinski definition) is 2. The SMILES string of the molecule is C=C(C)CNC(=NCc1ccccc1-n1nc(C)cc1C)NCC(=O)N(C)C.I. The molecule has 1 amide bonds. The molecule has 8 heteroatoms. The van der Waals surface area contributed by atoms with Gasteiger partial charge in [0, 0.05) is 26.3 Å². The molecule has 1 heterocycles. The topological polar surface area (TPSA) is 74.5 Å². The van der Waals surface area contributed by atoms with E-state index < -0.39 is 0 Å². The number of hydrogen-bond acceptors (Lipinski definition) is 3. The lowest BCUT2D eigenvalue weighted by Crippen LogP contribution is -2.43. The number of amides is 1. The highest BCUT2D eigenvalue weighted by Crippen LogP contribution is 2.17. The molecule has 0 fully saturated rings. The number of guanidine groups is 1. The zero-order valence-electron chi connectivity index (χ0n) is 17.8. The molecule has 2 aromatic rings. The van der Waals surface area contributed by atoms with Gasteiger partial charge in [0.2, 0.25) is 5.91 Å². The molecule has 0 saturated heterocycles. The van der Waals surface area contributed by atoms with Crippen LogP contribution < -0.4 is 10.6 Å². The summed E-state index contributed by atoms with van der Waals surface area (Å²) in [6.07, 6.45) is 0. The molecule has 2 rings (SSSR count). The van der Waals surface area contributed by atoms with E-state index in [0.29, 0.717) is 19.0 Å². The van der Waals surface area contributed by atoms with Crippen molar-refractivity contribution in [2.45, 2.75) is 27.3 Å². The van der Waals surface area contributed by atoms with Crippen molar-refractivity contribution in [2.24, 2.45) is 4.99 Å². The Morgan fingerprint density at radius 3 is 2.45 bits per heavy atom. The lowest BCUT2D eigenvalue weighted by Gasteiger charge is -2.15. The van der Waals surface area contributed by atoms with Gasteiger partial charge in [-0.15, -0.1) is 24.0 Å². The van der Waals surface area contributed by atoms with Crippen LogP contribution in [0.4, 0.5) is 0 Å². The molecular weight excluding hydrogens is 479 g/mol. The van der Waals surface area contributed by atoms with Crippen LogP contribution in [-0.4, -0.2) is 53.7 Å². The highest BCUT2D eigenvalue weighted by Gasteiger charge is 2.10. The molecule has 158 valence electrons. The molecule has 0 aliphatic carbocycles. The minimum Gasteiger partial charge on any atom is -0.353 e. The predicted octanol–water partition coefficient (Wildman–Crippen LogP) is 2.81. The standard InChI is InChI=1S/C21H30N6O.HI/c1-15(2)12-22-21(24-14-20(28)26(5)6)23-13-18-9-7-8-10-19(18)27-17(4)11-16(3)25-27;/h7-11H,1,12-14H2,2-6H3,(H2,22,23,24);1H. The molecule has 0 aliphatic rings. The first-order valence-corrected chi connectivity index (χ1v) is 9.26. The van der Waals surface area contributed by atoms with Crippen molar-refractivity contribution in [3.8, 4) is 5.69 Å². The Labute approximate surface area is 190 Å². The van der Waals surface area contributed by atoms with Crippen molar-refractivity contribution < 1.29 is 4.79 Å². The van der Waals surface area contributed by atoms with Crippen LogP contribution in [0.15, 0.2) is 47.5 Å². The normalized spacial score (nSPS) is 10.9. The first-order chi connectivity index (χ1) is 13.3. The van der Waals surface area contributed by atoms with Gasteiger partial charge in [-0.3, -0.25) is 4.79 Å². The molecule has 1 aromatic carbocycles. The van der Waals surface area contributed by atoms with Crippen molar-refractivity contribution in [2.75, 3.05) is 27.2 Å². The molecule has 29 heavy (non-hydrogen) atoms. The van der Waals surface area contributed by atoms with Crippen molar-refractivity contribution in [1.29, 1.82) is 0 Å². The number of aryl methyl sites for hydroxylation is 2. The molecule has 2 N–H and O–H groups in total. The van der Waals surface area contributed by atoms with Gasteiger partial charge in [0.05, 0.1) is 24.5 Å². The van der Waals surface area contributed by atoms with Crippen LogP contribution in [0, 0.1) is 13.8 Å². The summed E-state index contributed by atoms with van der Waals surface area (Å²) >= 11 is 0. The molecule has 0 bridgehead atoms. The van der Waals surface area contributed by atoms with E-state index in [1.807, 2.05) is 55.8 Å². The van der Waals surface area contributed by atoms with Crippen LogP contribution in [0.1, 0.15) is 23.9 Å². The van der Waals surface area contributed by atoms with Gasteiger partial charge in [-0.25, -0.2) is 9.67 Å². The molecule has 7 nitrogen and oxygen atoms in total. The number of rotatable bonds is 7. The summed E-state index contributed by atoms with van der Waals surface area (Å²) in [6.45, 7) is 11.1. The Hall–Kier alpha value is -2.36. The van der Waals surface area contributed by atoms with Crippen LogP contribution in [0.3, 0.4) is 0 Å². The first-order valence-electron chi connectivity index (χ1n) is 9.26. The molecule has 0 unspecified atom stereocenters. The second-order valence-electron chi connectivity index (χ2n) is 7.08. The van der Waals surface area contributed by atoms with E-state index in [4.69, 9.17) is 0 Å². The largest absolute Gasteiger partial charge is 0.353 e. The maximum absolute atomic E-state index is 11.9. The van der Waals surface area contributed by atoms with Crippen LogP contribution >= 0.6 is 24.0 Å². The molecular formula is C21H31IN6O. The van der Waals surface area contributed by atoms with Gasteiger partial charge in [0.15, 0.2) is 5.96 Å². The highest BCUT2D eigenvalue weighted by atomic mass is 127. The zero-order chi connectivity index (χ0) is 20.7. The highest BCUT2D eigenvalue weighted by molar-refractivity contribution is 14.0. The number of likely N-dealkylation sites (N-methyl/N-ethyl adjacent to an activating group) is 1. The molecule has 0 aliphatic heterocycles. The van der Waals surface area contributed by atoms with Gasteiger partial charge in [0.1, 0.15) is 0 Å². The maximum Gasteiger partial charge on any atom is 0.241 e. The van der Waals surface area contributed by atoms with E-state index in [9.17, 15) is 4.79 Å². The second kappa shape index (κ2) is 11.6. The van der Waals surface area contributed by atoms with E-state index >= 15 is 0 Å². The van der Waals surface area contributed by atoms with Crippen molar-refractivity contribution >= 4 is 35.8 Å². The summed E-state index contributed by atoms with van der Waals surface area (Å²) in [5, 5.41) is 10.9. The smallest absolute Gasteiger partial charge is 0.241 e. The Morgan fingerprint density at radius 2 is 1.86 bits per heavy atom. The average molecular weight is 510 g/mol. The van der Waals surface area contributed by atoms with E-state index in [2.05, 4.69) is 27.3 Å². The summed E-state index contributed by atoms with van der Waals surface area (Å²) in [6, 6.07) is 10.1. The number of halogens is 1. The van der Waals surface area contributed by atoms with Crippen LogP contribution in [-0.2, 0) is 11.3 Å². The van der Waals surface area contributed by atoms with Crippen molar-refractivity contribution in [1.82, 2.24) is 25.3 Å². The third kappa shape index (κ3) is 7.52. The minimum atomic E-state index is -0.0205. The number of carbonyl (C=O) groups is 1. The number of carbonyl (C=O) groups excluding carboxylic acids is 1. The third-order valence-electron chi connectivity index (χ3n) is 4.10. The van der Waals surface area contributed by atoms with Gasteiger partial charge >= 0.3 is 0 Å². The van der Waals surface area contributed by atoms with Gasteiger partial charge in [-0.2, -0.15) is 5.10 Å². The second-order valence-corrected chi connectivity index (χ2v) is 7.08. The fraction of sp³-hybridized carbons (Fsp3) is 0.381. The lowest BCUT2D eigenvalue weighted by atomic mass is 10.2. The Morgan fingerprint density at radius 1 is 1.21 bits per heavy atom. The maximum atomic E-state index is 11.9. The quantitative estimate of drug-likeness (QED) is 0.260. The number of aromatic nitrogens is 2. The van der Waals surface area contributed by atoms with Gasteiger partial charge in [0.25, 0.3) is 0 Å². The number of aliphatic imine (C=N–C) groups is 1. The van der Waals surface area contributed by atoms with E-state index in [-0.39, 0.29) is 36.4 Å². The van der Waals surface area contributed by atoms with Crippen molar-refractivity contribution in [3.05, 3.63) is 59.4 Å². The number of benzene rings is 1. The zero-order valence-corrected chi connectivity index (χ0v) is 20.2. The summed E-state index contributed by atoms with van der Waals surface area (Å²) in [4.78, 5) is 18.1. The Bertz CT molecular complexity index is 872.